The third-order valence-electron chi connectivity index (χ3n) is 3.92. The lowest BCUT2D eigenvalue weighted by Gasteiger charge is -2.38. The molecule has 0 spiro atoms. The Morgan fingerprint density at radius 2 is 1.70 bits per heavy atom. The average molecular weight is 279 g/mol. The summed E-state index contributed by atoms with van der Waals surface area (Å²) in [5, 5.41) is 21.7. The highest BCUT2D eigenvalue weighted by molar-refractivity contribution is 5.97. The summed E-state index contributed by atoms with van der Waals surface area (Å²) in [6.45, 7) is 8.18. The third-order valence-corrected chi connectivity index (χ3v) is 3.92. The Kier molecular flexibility index (Phi) is 4.12. The maximum absolute atomic E-state index is 12.2. The second-order valence-corrected chi connectivity index (χ2v) is 6.03. The lowest BCUT2D eigenvalue weighted by Crippen LogP contribution is -2.56. The highest BCUT2D eigenvalue weighted by atomic mass is 16.4. The topological polar surface area (TPSA) is 86.6 Å². The molecule has 3 N–H and O–H groups in total. The van der Waals surface area contributed by atoms with Gasteiger partial charge in [0.05, 0.1) is 16.5 Å². The minimum atomic E-state index is -1.15. The molecule has 0 aliphatic carbocycles. The van der Waals surface area contributed by atoms with Crippen LogP contribution in [0.3, 0.4) is 0 Å². The zero-order valence-corrected chi connectivity index (χ0v) is 12.4. The van der Waals surface area contributed by atoms with Gasteiger partial charge in [0, 0.05) is 0 Å². The van der Waals surface area contributed by atoms with Gasteiger partial charge in [-0.25, -0.2) is 0 Å². The SMILES string of the molecule is Cc1ccc(C(=O)NC(C)(C)C(C)(C)C(=O)O)c(O)c1. The molecule has 110 valence electrons. The Morgan fingerprint density at radius 3 is 2.15 bits per heavy atom. The number of carbonyl (C=O) groups excluding carboxylic acids is 1. The van der Waals surface area contributed by atoms with Crippen molar-refractivity contribution in [1.29, 1.82) is 0 Å². The fourth-order valence-corrected chi connectivity index (χ4v) is 1.61. The van der Waals surface area contributed by atoms with E-state index in [0.717, 1.165) is 5.56 Å². The molecule has 0 radical (unpaired) electrons. The zero-order chi connectivity index (χ0) is 15.7. The van der Waals surface area contributed by atoms with Crippen LogP contribution in [0.2, 0.25) is 0 Å². The van der Waals surface area contributed by atoms with Crippen LogP contribution < -0.4 is 5.32 Å². The van der Waals surface area contributed by atoms with Gasteiger partial charge in [0.1, 0.15) is 5.75 Å². The number of hydrogen-bond acceptors (Lipinski definition) is 3. The molecule has 5 heteroatoms. The van der Waals surface area contributed by atoms with Gasteiger partial charge in [-0.3, -0.25) is 9.59 Å². The molecule has 20 heavy (non-hydrogen) atoms. The number of carboxylic acids is 1. The quantitative estimate of drug-likeness (QED) is 0.789. The van der Waals surface area contributed by atoms with Crippen molar-refractivity contribution in [3.63, 3.8) is 0 Å². The van der Waals surface area contributed by atoms with Gasteiger partial charge in [0.2, 0.25) is 0 Å². The smallest absolute Gasteiger partial charge is 0.311 e. The van der Waals surface area contributed by atoms with Crippen molar-refractivity contribution in [1.82, 2.24) is 5.32 Å². The number of amides is 1. The molecule has 1 rings (SSSR count). The van der Waals surface area contributed by atoms with Gasteiger partial charge < -0.3 is 15.5 Å². The van der Waals surface area contributed by atoms with Gasteiger partial charge in [-0.2, -0.15) is 0 Å². The van der Waals surface area contributed by atoms with Crippen LogP contribution in [-0.4, -0.2) is 27.6 Å². The molecule has 0 saturated heterocycles. The van der Waals surface area contributed by atoms with Crippen molar-refractivity contribution in [2.75, 3.05) is 0 Å². The van der Waals surface area contributed by atoms with Gasteiger partial charge in [-0.05, 0) is 52.3 Å². The number of aryl methyl sites for hydroxylation is 1. The second kappa shape index (κ2) is 5.15. The number of benzene rings is 1. The van der Waals surface area contributed by atoms with E-state index in [1.807, 2.05) is 0 Å². The fourth-order valence-electron chi connectivity index (χ4n) is 1.61. The molecule has 5 nitrogen and oxygen atoms in total. The van der Waals surface area contributed by atoms with E-state index in [1.54, 1.807) is 40.7 Å². The Hall–Kier alpha value is -2.04. The Morgan fingerprint density at radius 1 is 1.15 bits per heavy atom. The number of aliphatic carboxylic acids is 1. The molecule has 1 aromatic carbocycles. The predicted molar refractivity (Wildman–Crippen MR) is 75.8 cm³/mol. The first-order valence-electron chi connectivity index (χ1n) is 6.34. The maximum Gasteiger partial charge on any atom is 0.311 e. The summed E-state index contributed by atoms with van der Waals surface area (Å²) in [4.78, 5) is 23.5. The molecule has 0 bridgehead atoms. The number of carboxylic acid groups (broad SMARTS) is 1. The van der Waals surface area contributed by atoms with E-state index in [-0.39, 0.29) is 11.3 Å². The van der Waals surface area contributed by atoms with Crippen molar-refractivity contribution >= 4 is 11.9 Å². The summed E-state index contributed by atoms with van der Waals surface area (Å²) in [6, 6.07) is 4.72. The van der Waals surface area contributed by atoms with E-state index in [2.05, 4.69) is 5.32 Å². The molecular formula is C15H21NO4. The lowest BCUT2D eigenvalue weighted by atomic mass is 9.74. The van der Waals surface area contributed by atoms with Gasteiger partial charge in [0.25, 0.3) is 5.91 Å². The van der Waals surface area contributed by atoms with Crippen LogP contribution in [0.1, 0.15) is 43.6 Å². The van der Waals surface area contributed by atoms with Crippen LogP contribution in [0.4, 0.5) is 0 Å². The van der Waals surface area contributed by atoms with Crippen molar-refractivity contribution < 1.29 is 19.8 Å². The normalized spacial score (nSPS) is 12.1. The van der Waals surface area contributed by atoms with E-state index in [4.69, 9.17) is 0 Å². The van der Waals surface area contributed by atoms with Crippen LogP contribution in [0.15, 0.2) is 18.2 Å². The number of aromatic hydroxyl groups is 1. The van der Waals surface area contributed by atoms with E-state index >= 15 is 0 Å². The van der Waals surface area contributed by atoms with E-state index in [9.17, 15) is 19.8 Å². The molecule has 0 aliphatic heterocycles. The molecule has 0 fully saturated rings. The minimum absolute atomic E-state index is 0.119. The van der Waals surface area contributed by atoms with E-state index in [1.165, 1.54) is 12.1 Å². The van der Waals surface area contributed by atoms with Crippen molar-refractivity contribution in [2.24, 2.45) is 5.41 Å². The van der Waals surface area contributed by atoms with Gasteiger partial charge >= 0.3 is 5.97 Å². The van der Waals surface area contributed by atoms with Crippen LogP contribution >= 0.6 is 0 Å². The first-order valence-corrected chi connectivity index (χ1v) is 6.34. The van der Waals surface area contributed by atoms with Gasteiger partial charge in [0.15, 0.2) is 0 Å². The summed E-state index contributed by atoms with van der Waals surface area (Å²) >= 11 is 0. The summed E-state index contributed by atoms with van der Waals surface area (Å²) in [5.74, 6) is -1.62. The molecule has 1 amide bonds. The maximum atomic E-state index is 12.2. The number of phenolic OH excluding ortho intramolecular Hbond substituents is 1. The van der Waals surface area contributed by atoms with Crippen LogP contribution in [0, 0.1) is 12.3 Å². The summed E-state index contributed by atoms with van der Waals surface area (Å²) in [7, 11) is 0. The number of carbonyl (C=O) groups is 2. The summed E-state index contributed by atoms with van der Waals surface area (Å²) in [5.41, 5.74) is -1.16. The largest absolute Gasteiger partial charge is 0.507 e. The molecule has 0 saturated carbocycles. The van der Waals surface area contributed by atoms with Crippen molar-refractivity contribution in [3.8, 4) is 5.75 Å². The fraction of sp³-hybridized carbons (Fsp3) is 0.467. The first-order chi connectivity index (χ1) is 8.99. The van der Waals surface area contributed by atoms with E-state index in [0.29, 0.717) is 0 Å². The number of nitrogens with one attached hydrogen (secondary N) is 1. The molecule has 0 aliphatic rings. The lowest BCUT2D eigenvalue weighted by molar-refractivity contribution is -0.150. The first kappa shape index (κ1) is 16.0. The zero-order valence-electron chi connectivity index (χ0n) is 12.4. The van der Waals surface area contributed by atoms with Crippen LogP contribution in [0.5, 0.6) is 5.75 Å². The highest BCUT2D eigenvalue weighted by Gasteiger charge is 2.44. The number of rotatable bonds is 4. The van der Waals surface area contributed by atoms with Crippen LogP contribution in [0.25, 0.3) is 0 Å². The van der Waals surface area contributed by atoms with E-state index < -0.39 is 22.8 Å². The molecular weight excluding hydrogens is 258 g/mol. The third kappa shape index (κ3) is 2.92. The Labute approximate surface area is 118 Å². The summed E-state index contributed by atoms with van der Waals surface area (Å²) in [6.07, 6.45) is 0. The standard InChI is InChI=1S/C15H21NO4/c1-9-6-7-10(11(17)8-9)12(18)16-15(4,5)14(2,3)13(19)20/h6-8,17H,1-5H3,(H,16,18)(H,19,20). The molecule has 0 atom stereocenters. The number of phenols is 1. The van der Waals surface area contributed by atoms with Gasteiger partial charge in [-0.15, -0.1) is 0 Å². The average Bonchev–Trinajstić information content (AvgIpc) is 2.27. The monoisotopic (exact) mass is 279 g/mol. The molecule has 0 aromatic heterocycles. The van der Waals surface area contributed by atoms with Crippen LogP contribution in [-0.2, 0) is 4.79 Å². The second-order valence-electron chi connectivity index (χ2n) is 6.03. The minimum Gasteiger partial charge on any atom is -0.507 e. The van der Waals surface area contributed by atoms with Crippen molar-refractivity contribution in [2.45, 2.75) is 40.2 Å². The molecule has 1 aromatic rings. The number of hydrogen-bond donors (Lipinski definition) is 3. The molecule has 0 heterocycles. The van der Waals surface area contributed by atoms with Gasteiger partial charge in [-0.1, -0.05) is 6.07 Å². The van der Waals surface area contributed by atoms with Crippen molar-refractivity contribution in [3.05, 3.63) is 29.3 Å². The predicted octanol–water partition coefficient (Wildman–Crippen LogP) is 2.32. The Balaban J connectivity index is 3.03. The molecule has 0 unspecified atom stereocenters. The summed E-state index contributed by atoms with van der Waals surface area (Å²) < 4.78 is 0. The highest BCUT2D eigenvalue weighted by Crippen LogP contribution is 2.31. The Bertz CT molecular complexity index is 547.